The van der Waals surface area contributed by atoms with E-state index in [1.54, 1.807) is 6.20 Å². The monoisotopic (exact) mass is 366 g/mol. The van der Waals surface area contributed by atoms with Gasteiger partial charge in [-0.05, 0) is 6.42 Å². The second-order valence-electron chi connectivity index (χ2n) is 5.88. The number of amidine groups is 1. The number of fused-ring (bicyclic) bond motifs is 1. The van der Waals surface area contributed by atoms with Gasteiger partial charge in [-0.2, -0.15) is 0 Å². The van der Waals surface area contributed by atoms with Gasteiger partial charge >= 0.3 is 5.97 Å². The molecular weight excluding hydrogens is 348 g/mol. The summed E-state index contributed by atoms with van der Waals surface area (Å²) >= 11 is 1.53. The van der Waals surface area contributed by atoms with Gasteiger partial charge in [-0.15, -0.1) is 11.3 Å². The molecule has 0 aromatic carbocycles. The Morgan fingerprint density at radius 3 is 3.04 bits per heavy atom. The van der Waals surface area contributed by atoms with Crippen LogP contribution in [0, 0.1) is 0 Å². The molecule has 0 N–H and O–H groups in total. The van der Waals surface area contributed by atoms with Crippen molar-refractivity contribution in [3.05, 3.63) is 27.9 Å². The lowest BCUT2D eigenvalue weighted by Crippen LogP contribution is -2.38. The van der Waals surface area contributed by atoms with E-state index in [0.29, 0.717) is 25.1 Å². The normalized spacial score (nSPS) is 27.4. The number of ether oxygens (including phenoxy) is 1. The lowest BCUT2D eigenvalue weighted by molar-refractivity contribution is -0.136. The average Bonchev–Trinajstić information content (AvgIpc) is 3.32. The summed E-state index contributed by atoms with van der Waals surface area (Å²) in [6.45, 7) is 1.83. The zero-order chi connectivity index (χ0) is 16.7. The summed E-state index contributed by atoms with van der Waals surface area (Å²) in [5, 5.41) is 2.76. The van der Waals surface area contributed by atoms with Crippen molar-refractivity contribution in [2.45, 2.75) is 18.9 Å². The van der Waals surface area contributed by atoms with Crippen molar-refractivity contribution in [1.29, 1.82) is 0 Å². The van der Waals surface area contributed by atoms with E-state index in [2.05, 4.69) is 19.2 Å². The summed E-state index contributed by atoms with van der Waals surface area (Å²) in [6.07, 6.45) is 3.41. The number of carbonyl (C=O) groups is 1. The smallest absolute Gasteiger partial charge is 0.337 e. The standard InChI is InChI=1S/C15H18N4O3S2/c1-22-15(20)11-8-17-13(14-16-3-5-23-14)18-9-10(7-12(11)18)19-4-2-6-24(19)21/h3,5,10H,2,4,6-9H2,1H3/t10-,24?/m0/s1. The van der Waals surface area contributed by atoms with Gasteiger partial charge in [-0.25, -0.2) is 18.3 Å². The molecule has 4 rings (SSSR count). The summed E-state index contributed by atoms with van der Waals surface area (Å²) in [5.41, 5.74) is 1.54. The first-order chi connectivity index (χ1) is 11.7. The molecule has 0 bridgehead atoms. The number of thiazole rings is 1. The second kappa shape index (κ2) is 6.38. The van der Waals surface area contributed by atoms with E-state index in [1.165, 1.54) is 18.4 Å². The number of aliphatic imine (C=N–C) groups is 1. The minimum Gasteiger partial charge on any atom is -0.466 e. The van der Waals surface area contributed by atoms with E-state index in [4.69, 9.17) is 4.74 Å². The molecule has 0 aliphatic carbocycles. The maximum absolute atomic E-state index is 12.2. The molecule has 3 aliphatic heterocycles. The highest BCUT2D eigenvalue weighted by Gasteiger charge is 2.41. The maximum Gasteiger partial charge on any atom is 0.337 e. The zero-order valence-electron chi connectivity index (χ0n) is 13.3. The van der Waals surface area contributed by atoms with Gasteiger partial charge in [0.05, 0.1) is 30.2 Å². The summed E-state index contributed by atoms with van der Waals surface area (Å²) in [6, 6.07) is 0.131. The van der Waals surface area contributed by atoms with Crippen molar-refractivity contribution in [2.24, 2.45) is 4.99 Å². The Labute approximate surface area is 146 Å². The molecule has 1 aromatic heterocycles. The molecule has 2 fully saturated rings. The molecule has 0 radical (unpaired) electrons. The summed E-state index contributed by atoms with van der Waals surface area (Å²) < 4.78 is 19.2. The molecule has 4 heterocycles. The lowest BCUT2D eigenvalue weighted by atomic mass is 10.1. The van der Waals surface area contributed by atoms with Gasteiger partial charge in [-0.1, -0.05) is 0 Å². The molecule has 2 atom stereocenters. The van der Waals surface area contributed by atoms with Crippen LogP contribution in [-0.2, 0) is 20.5 Å². The van der Waals surface area contributed by atoms with Crippen LogP contribution in [-0.4, -0.2) is 68.7 Å². The van der Waals surface area contributed by atoms with Crippen LogP contribution in [0.15, 0.2) is 27.8 Å². The van der Waals surface area contributed by atoms with E-state index >= 15 is 0 Å². The highest BCUT2D eigenvalue weighted by Crippen LogP contribution is 2.35. The molecule has 24 heavy (non-hydrogen) atoms. The second-order valence-corrected chi connectivity index (χ2v) is 8.30. The Kier molecular flexibility index (Phi) is 4.23. The average molecular weight is 366 g/mol. The number of methoxy groups -OCH3 is 1. The molecule has 1 unspecified atom stereocenters. The number of hydrogen-bond donors (Lipinski definition) is 0. The fourth-order valence-electron chi connectivity index (χ4n) is 3.48. The van der Waals surface area contributed by atoms with Gasteiger partial charge in [0, 0.05) is 48.6 Å². The van der Waals surface area contributed by atoms with Gasteiger partial charge in [-0.3, -0.25) is 4.99 Å². The number of carbonyl (C=O) groups excluding carboxylic acids is 1. The summed E-state index contributed by atoms with van der Waals surface area (Å²) in [4.78, 5) is 23.1. The Morgan fingerprint density at radius 2 is 2.38 bits per heavy atom. The first-order valence-corrected chi connectivity index (χ1v) is 10.0. The number of nitrogens with zero attached hydrogens (tertiary/aromatic N) is 4. The summed E-state index contributed by atoms with van der Waals surface area (Å²) in [7, 11) is 0.471. The van der Waals surface area contributed by atoms with E-state index in [-0.39, 0.29) is 12.0 Å². The van der Waals surface area contributed by atoms with Crippen molar-refractivity contribution in [2.75, 3.05) is 32.5 Å². The SMILES string of the molecule is COC(=O)C1=C2C[C@H](N3CCCS3=O)CN2C(c2nccs2)=NC1. The van der Waals surface area contributed by atoms with Crippen LogP contribution in [0.2, 0.25) is 0 Å². The van der Waals surface area contributed by atoms with Gasteiger partial charge in [0.1, 0.15) is 0 Å². The number of esters is 1. The first-order valence-electron chi connectivity index (χ1n) is 7.86. The minimum atomic E-state index is -0.921. The predicted octanol–water partition coefficient (Wildman–Crippen LogP) is 0.774. The largest absolute Gasteiger partial charge is 0.466 e. The predicted molar refractivity (Wildman–Crippen MR) is 92.0 cm³/mol. The Hall–Kier alpha value is -1.58. The Bertz CT molecular complexity index is 744. The Morgan fingerprint density at radius 1 is 1.50 bits per heavy atom. The molecule has 0 spiro atoms. The number of aromatic nitrogens is 1. The van der Waals surface area contributed by atoms with Gasteiger partial charge < -0.3 is 9.64 Å². The molecule has 7 nitrogen and oxygen atoms in total. The van der Waals surface area contributed by atoms with Crippen LogP contribution in [0.4, 0.5) is 0 Å². The van der Waals surface area contributed by atoms with Crippen molar-refractivity contribution in [1.82, 2.24) is 14.2 Å². The molecule has 128 valence electrons. The van der Waals surface area contributed by atoms with Crippen LogP contribution in [0.1, 0.15) is 17.8 Å². The number of rotatable bonds is 3. The maximum atomic E-state index is 12.2. The van der Waals surface area contributed by atoms with Crippen LogP contribution >= 0.6 is 11.3 Å². The minimum absolute atomic E-state index is 0.131. The lowest BCUT2D eigenvalue weighted by Gasteiger charge is -2.27. The van der Waals surface area contributed by atoms with Crippen molar-refractivity contribution in [3.63, 3.8) is 0 Å². The van der Waals surface area contributed by atoms with E-state index in [1.807, 2.05) is 5.38 Å². The summed E-state index contributed by atoms with van der Waals surface area (Å²) in [5.74, 6) is 1.20. The Balaban J connectivity index is 1.69. The van der Waals surface area contributed by atoms with Crippen molar-refractivity contribution < 1.29 is 13.7 Å². The fourth-order valence-corrected chi connectivity index (χ4v) is 5.55. The highest BCUT2D eigenvalue weighted by atomic mass is 32.2. The van der Waals surface area contributed by atoms with E-state index < -0.39 is 11.0 Å². The van der Waals surface area contributed by atoms with Crippen LogP contribution in [0.3, 0.4) is 0 Å². The molecule has 2 saturated heterocycles. The third kappa shape index (κ3) is 2.60. The van der Waals surface area contributed by atoms with Gasteiger partial charge in [0.25, 0.3) is 0 Å². The topological polar surface area (TPSA) is 75.1 Å². The van der Waals surface area contributed by atoms with E-state index in [9.17, 15) is 9.00 Å². The van der Waals surface area contributed by atoms with Crippen LogP contribution < -0.4 is 0 Å². The third-order valence-corrected chi connectivity index (χ3v) is 6.97. The quantitative estimate of drug-likeness (QED) is 0.739. The van der Waals surface area contributed by atoms with Gasteiger partial charge in [0.2, 0.25) is 0 Å². The van der Waals surface area contributed by atoms with Gasteiger partial charge in [0.15, 0.2) is 10.8 Å². The van der Waals surface area contributed by atoms with Crippen molar-refractivity contribution >= 4 is 34.1 Å². The van der Waals surface area contributed by atoms with Crippen LogP contribution in [0.25, 0.3) is 0 Å². The highest BCUT2D eigenvalue weighted by molar-refractivity contribution is 7.82. The molecule has 1 aromatic rings. The first kappa shape index (κ1) is 15.9. The molecule has 0 saturated carbocycles. The van der Waals surface area contributed by atoms with E-state index in [0.717, 1.165) is 35.3 Å². The molecule has 0 amide bonds. The molecular formula is C15H18N4O3S2. The molecule has 3 aliphatic rings. The number of hydrogen-bond acceptors (Lipinski definition) is 7. The third-order valence-electron chi connectivity index (χ3n) is 4.56. The van der Waals surface area contributed by atoms with Crippen LogP contribution in [0.5, 0.6) is 0 Å². The zero-order valence-corrected chi connectivity index (χ0v) is 14.9. The van der Waals surface area contributed by atoms with Crippen molar-refractivity contribution in [3.8, 4) is 0 Å². The molecule has 9 heteroatoms. The fraction of sp³-hybridized carbons (Fsp3) is 0.533.